The van der Waals surface area contributed by atoms with Gasteiger partial charge in [0, 0.05) is 10.8 Å². The highest BCUT2D eigenvalue weighted by Gasteiger charge is 2.45. The van der Waals surface area contributed by atoms with Crippen LogP contribution in [-0.2, 0) is 10.8 Å². The molecule has 0 aromatic heterocycles. The first-order valence-corrected chi connectivity index (χ1v) is 9.79. The predicted octanol–water partition coefficient (Wildman–Crippen LogP) is 5.07. The summed E-state index contributed by atoms with van der Waals surface area (Å²) in [6.45, 7) is 9.18. The van der Waals surface area contributed by atoms with Crippen LogP contribution in [0.5, 0.6) is 5.75 Å². The monoisotopic (exact) mass is 369 g/mol. The van der Waals surface area contributed by atoms with Crippen LogP contribution in [0.1, 0.15) is 49.9 Å². The Hall–Kier alpha value is -2.72. The first kappa shape index (κ1) is 17.4. The zero-order valence-corrected chi connectivity index (χ0v) is 16.8. The van der Waals surface area contributed by atoms with E-state index in [0.29, 0.717) is 5.75 Å². The lowest BCUT2D eigenvalue weighted by molar-refractivity contribution is 0.452. The third kappa shape index (κ3) is 2.10. The third-order valence-corrected chi connectivity index (χ3v) is 6.54. The second-order valence-corrected chi connectivity index (χ2v) is 8.76. The number of benzene rings is 3. The van der Waals surface area contributed by atoms with Crippen LogP contribution in [0.2, 0.25) is 0 Å². The maximum atomic E-state index is 9.21. The molecule has 3 aromatic carbocycles. The molecule has 4 heteroatoms. The first-order chi connectivity index (χ1) is 13.4. The molecule has 0 amide bonds. The van der Waals surface area contributed by atoms with Crippen LogP contribution in [0.15, 0.2) is 60.7 Å². The van der Waals surface area contributed by atoms with Crippen LogP contribution < -0.4 is 9.55 Å². The Morgan fingerprint density at radius 3 is 2.07 bits per heavy atom. The minimum atomic E-state index is -0.319. The average Bonchev–Trinajstić information content (AvgIpc) is 2.68. The van der Waals surface area contributed by atoms with E-state index in [9.17, 15) is 5.02 Å². The summed E-state index contributed by atoms with van der Waals surface area (Å²) in [5, 5.41) is 9.21. The Kier molecular flexibility index (Phi) is 3.51. The largest absolute Gasteiger partial charge is 0.539 e. The highest BCUT2D eigenvalue weighted by Crippen LogP contribution is 2.59. The molecule has 0 radical (unpaired) electrons. The summed E-state index contributed by atoms with van der Waals surface area (Å²) in [5.74, 6) is 0.694. The molecule has 5 rings (SSSR count). The van der Waals surface area contributed by atoms with Gasteiger partial charge in [0.25, 0.3) is 0 Å². The van der Waals surface area contributed by atoms with Crippen molar-refractivity contribution in [3.63, 3.8) is 0 Å². The molecule has 3 aromatic rings. The van der Waals surface area contributed by atoms with Gasteiger partial charge in [0.05, 0.1) is 17.1 Å². The zero-order valence-electron chi connectivity index (χ0n) is 16.8. The molecule has 1 N–H and O–H groups in total. The van der Waals surface area contributed by atoms with Crippen LogP contribution in [0.25, 0.3) is 0 Å². The van der Waals surface area contributed by atoms with Crippen LogP contribution >= 0.6 is 0 Å². The van der Waals surface area contributed by atoms with Gasteiger partial charge in [0.2, 0.25) is 0 Å². The molecule has 140 valence electrons. The number of hydrogen-bond donors (Lipinski definition) is 1. The molecular formula is C24H24BNO2. The lowest BCUT2D eigenvalue weighted by atomic mass is 9.66. The molecule has 0 saturated heterocycles. The number of nitrogens with zero attached hydrogens (tertiary/aromatic N) is 1. The molecule has 3 nitrogen and oxygen atoms in total. The number of anilines is 3. The van der Waals surface area contributed by atoms with Crippen molar-refractivity contribution in [2.45, 2.75) is 38.5 Å². The molecule has 0 fully saturated rings. The SMILES string of the molecule is CC1(C)c2ccccc2N2c3ccc(OBO)cc3C(C)(C)c3cccc1c32. The normalized spacial score (nSPS) is 17.2. The molecule has 0 atom stereocenters. The van der Waals surface area contributed by atoms with Crippen LogP contribution in [0.3, 0.4) is 0 Å². The van der Waals surface area contributed by atoms with E-state index < -0.39 is 0 Å². The second-order valence-electron chi connectivity index (χ2n) is 8.76. The fraction of sp³-hybridized carbons (Fsp3) is 0.250. The number of hydrogen-bond acceptors (Lipinski definition) is 3. The van der Waals surface area contributed by atoms with Crippen molar-refractivity contribution in [2.24, 2.45) is 0 Å². The summed E-state index contributed by atoms with van der Waals surface area (Å²) in [4.78, 5) is 2.41. The van der Waals surface area contributed by atoms with E-state index in [4.69, 9.17) is 4.65 Å². The molecule has 2 heterocycles. The summed E-state index contributed by atoms with van der Waals surface area (Å²) in [7, 11) is -0.319. The molecule has 0 aliphatic carbocycles. The van der Waals surface area contributed by atoms with Crippen LogP contribution in [0.4, 0.5) is 17.1 Å². The molecule has 0 bridgehead atoms. The molecule has 0 unspecified atom stereocenters. The minimum Gasteiger partial charge on any atom is -0.539 e. The molecule has 28 heavy (non-hydrogen) atoms. The van der Waals surface area contributed by atoms with Crippen LogP contribution in [-0.4, -0.2) is 12.7 Å². The van der Waals surface area contributed by atoms with Gasteiger partial charge in [-0.3, -0.25) is 0 Å². The summed E-state index contributed by atoms with van der Waals surface area (Å²) in [5.41, 5.74) is 8.70. The Labute approximate surface area is 166 Å². The lowest BCUT2D eigenvalue weighted by Gasteiger charge is -2.49. The molecule has 2 aliphatic heterocycles. The maximum absolute atomic E-state index is 9.21. The standard InChI is InChI=1S/C24H24BNO2/c1-23(2)16-8-5-6-11-20(16)26-21-13-12-15(28-25-27)14-19(21)24(3,4)18-10-7-9-17(23)22(18)26/h5-14,25,27H,1-4H3. The van der Waals surface area contributed by atoms with Gasteiger partial charge in [0.15, 0.2) is 0 Å². The Bertz CT molecular complexity index is 1100. The van der Waals surface area contributed by atoms with Crippen molar-refractivity contribution in [2.75, 3.05) is 4.90 Å². The maximum Gasteiger partial charge on any atom is 0.504 e. The number of rotatable bonds is 2. The van der Waals surface area contributed by atoms with Gasteiger partial charge in [-0.15, -0.1) is 0 Å². The minimum absolute atomic E-state index is 0.0635. The Balaban J connectivity index is 1.88. The van der Waals surface area contributed by atoms with Crippen molar-refractivity contribution in [3.8, 4) is 5.75 Å². The highest BCUT2D eigenvalue weighted by molar-refractivity contribution is 6.17. The van der Waals surface area contributed by atoms with E-state index in [0.717, 1.165) is 0 Å². The van der Waals surface area contributed by atoms with Gasteiger partial charge in [-0.25, -0.2) is 0 Å². The fourth-order valence-electron chi connectivity index (χ4n) is 5.03. The smallest absolute Gasteiger partial charge is 0.504 e. The average molecular weight is 369 g/mol. The zero-order chi connectivity index (χ0) is 19.7. The van der Waals surface area contributed by atoms with Crippen LogP contribution in [0, 0.1) is 0 Å². The van der Waals surface area contributed by atoms with Crippen molar-refractivity contribution < 1.29 is 9.68 Å². The van der Waals surface area contributed by atoms with Gasteiger partial charge in [-0.05, 0) is 46.5 Å². The third-order valence-electron chi connectivity index (χ3n) is 6.54. The van der Waals surface area contributed by atoms with Crippen molar-refractivity contribution >= 4 is 24.7 Å². The fourth-order valence-corrected chi connectivity index (χ4v) is 5.03. The quantitative estimate of drug-likeness (QED) is 0.640. The molecule has 2 aliphatic rings. The summed E-state index contributed by atoms with van der Waals surface area (Å²) in [6, 6.07) is 21.5. The summed E-state index contributed by atoms with van der Waals surface area (Å²) < 4.78 is 5.40. The Morgan fingerprint density at radius 1 is 0.750 bits per heavy atom. The Morgan fingerprint density at radius 2 is 1.36 bits per heavy atom. The van der Waals surface area contributed by atoms with Gasteiger partial charge >= 0.3 is 7.69 Å². The summed E-state index contributed by atoms with van der Waals surface area (Å²) in [6.07, 6.45) is 0. The molecule has 0 spiro atoms. The van der Waals surface area contributed by atoms with Gasteiger partial charge < -0.3 is 14.6 Å². The number of para-hydroxylation sites is 2. The first-order valence-electron chi connectivity index (χ1n) is 9.79. The van der Waals surface area contributed by atoms with E-state index >= 15 is 0 Å². The second kappa shape index (κ2) is 5.65. The van der Waals surface area contributed by atoms with E-state index in [1.165, 1.54) is 39.3 Å². The van der Waals surface area contributed by atoms with E-state index in [-0.39, 0.29) is 18.5 Å². The van der Waals surface area contributed by atoms with E-state index in [2.05, 4.69) is 87.2 Å². The predicted molar refractivity (Wildman–Crippen MR) is 115 cm³/mol. The molecular weight excluding hydrogens is 345 g/mol. The van der Waals surface area contributed by atoms with E-state index in [1.54, 1.807) is 0 Å². The van der Waals surface area contributed by atoms with Crippen molar-refractivity contribution in [1.29, 1.82) is 0 Å². The van der Waals surface area contributed by atoms with Gasteiger partial charge in [-0.1, -0.05) is 64.1 Å². The topological polar surface area (TPSA) is 32.7 Å². The van der Waals surface area contributed by atoms with Crippen molar-refractivity contribution in [1.82, 2.24) is 0 Å². The van der Waals surface area contributed by atoms with Gasteiger partial charge in [0.1, 0.15) is 5.75 Å². The van der Waals surface area contributed by atoms with E-state index in [1.807, 2.05) is 6.07 Å². The summed E-state index contributed by atoms with van der Waals surface area (Å²) >= 11 is 0. The molecule has 0 saturated carbocycles. The van der Waals surface area contributed by atoms with Crippen molar-refractivity contribution in [3.05, 3.63) is 82.9 Å². The highest BCUT2D eigenvalue weighted by atomic mass is 16.5. The lowest BCUT2D eigenvalue weighted by Crippen LogP contribution is -2.38. The van der Waals surface area contributed by atoms with Gasteiger partial charge in [-0.2, -0.15) is 0 Å². The number of fused-ring (bicyclic) bond motifs is 4.